The van der Waals surface area contributed by atoms with Crippen molar-refractivity contribution in [3.63, 3.8) is 0 Å². The maximum Gasteiger partial charge on any atom is 0.326 e. The van der Waals surface area contributed by atoms with E-state index in [2.05, 4.69) is 30.9 Å². The van der Waals surface area contributed by atoms with Crippen LogP contribution in [0.5, 0.6) is 0 Å². The lowest BCUT2D eigenvalue weighted by Gasteiger charge is -2.25. The van der Waals surface area contributed by atoms with Crippen LogP contribution in [0.4, 0.5) is 0 Å². The summed E-state index contributed by atoms with van der Waals surface area (Å²) >= 11 is 1.54. The number of carbonyl (C=O) groups is 5. The van der Waals surface area contributed by atoms with Gasteiger partial charge in [0, 0.05) is 48.3 Å². The summed E-state index contributed by atoms with van der Waals surface area (Å²) in [6.45, 7) is 0. The molecule has 0 aliphatic heterocycles. The van der Waals surface area contributed by atoms with Crippen molar-refractivity contribution < 1.29 is 29.1 Å². The predicted octanol–water partition coefficient (Wildman–Crippen LogP) is -0.439. The number of imidazole rings is 1. The van der Waals surface area contributed by atoms with Gasteiger partial charge in [0.2, 0.25) is 23.6 Å². The molecule has 0 saturated carbocycles. The van der Waals surface area contributed by atoms with Crippen LogP contribution in [-0.2, 0) is 36.8 Å². The van der Waals surface area contributed by atoms with E-state index in [1.165, 1.54) is 24.3 Å². The monoisotopic (exact) mass is 600 g/mol. The highest BCUT2D eigenvalue weighted by Crippen LogP contribution is 2.19. The maximum atomic E-state index is 13.7. The molecule has 2 heterocycles. The Morgan fingerprint density at radius 3 is 2.26 bits per heavy atom. The first-order valence-corrected chi connectivity index (χ1v) is 14.7. The number of fused-ring (bicyclic) bond motifs is 1. The summed E-state index contributed by atoms with van der Waals surface area (Å²) in [5.41, 5.74) is 13.3. The molecule has 0 saturated heterocycles. The Bertz CT molecular complexity index is 1380. The molecule has 14 nitrogen and oxygen atoms in total. The van der Waals surface area contributed by atoms with Crippen molar-refractivity contribution in [3.05, 3.63) is 54.2 Å². The molecular formula is C27H36N8O6S. The van der Waals surface area contributed by atoms with Crippen LogP contribution in [0.3, 0.4) is 0 Å². The molecule has 4 amide bonds. The predicted molar refractivity (Wildman–Crippen MR) is 157 cm³/mol. The molecule has 1 aromatic carbocycles. The lowest BCUT2D eigenvalue weighted by Crippen LogP contribution is -2.58. The van der Waals surface area contributed by atoms with Crippen molar-refractivity contribution >= 4 is 52.3 Å². The summed E-state index contributed by atoms with van der Waals surface area (Å²) < 4.78 is 0. The van der Waals surface area contributed by atoms with Crippen molar-refractivity contribution in [2.24, 2.45) is 11.5 Å². The molecule has 226 valence electrons. The molecule has 3 rings (SSSR count). The van der Waals surface area contributed by atoms with Crippen LogP contribution in [0.2, 0.25) is 0 Å². The Balaban J connectivity index is 1.85. The van der Waals surface area contributed by atoms with Gasteiger partial charge in [-0.15, -0.1) is 0 Å². The number of H-pyrrole nitrogens is 2. The van der Waals surface area contributed by atoms with Gasteiger partial charge in [-0.1, -0.05) is 18.2 Å². The maximum absolute atomic E-state index is 13.7. The van der Waals surface area contributed by atoms with Crippen molar-refractivity contribution in [2.75, 3.05) is 12.0 Å². The summed E-state index contributed by atoms with van der Waals surface area (Å²) in [7, 11) is 0. The summed E-state index contributed by atoms with van der Waals surface area (Å²) in [5.74, 6) is -3.42. The number of aromatic amines is 2. The quantitative estimate of drug-likeness (QED) is 0.100. The standard InChI is InChI=1S/C27H36N8O6S/c1-42-9-8-18(28)24(37)34-21(10-15-12-31-19-5-3-2-4-17(15)19)25(38)35-22(11-16-13-30-14-32-16)26(39)33-20(27(40)41)6-7-23(29)36/h2-5,12-14,18,20-22,31H,6-11,28H2,1H3,(H2,29,36)(H,30,32)(H,33,39)(H,34,37)(H,35,38)(H,40,41). The van der Waals surface area contributed by atoms with E-state index in [9.17, 15) is 29.1 Å². The number of para-hydroxylation sites is 1. The van der Waals surface area contributed by atoms with Gasteiger partial charge >= 0.3 is 5.97 Å². The minimum absolute atomic E-state index is 0.0548. The molecule has 0 aliphatic rings. The van der Waals surface area contributed by atoms with Gasteiger partial charge in [-0.05, 0) is 36.5 Å². The lowest BCUT2D eigenvalue weighted by atomic mass is 10.0. The molecule has 10 N–H and O–H groups in total. The van der Waals surface area contributed by atoms with Crippen molar-refractivity contribution in [1.29, 1.82) is 0 Å². The third-order valence-corrected chi connectivity index (χ3v) is 7.25. The number of hydrogen-bond donors (Lipinski definition) is 8. The summed E-state index contributed by atoms with van der Waals surface area (Å²) in [4.78, 5) is 72.8. The van der Waals surface area contributed by atoms with Crippen LogP contribution < -0.4 is 27.4 Å². The number of nitrogens with zero attached hydrogens (tertiary/aromatic N) is 1. The molecule has 0 fully saturated rings. The molecule has 4 atom stereocenters. The number of thioether (sulfide) groups is 1. The highest BCUT2D eigenvalue weighted by Gasteiger charge is 2.31. The SMILES string of the molecule is CSCCC(N)C(=O)NC(Cc1c[nH]c2ccccc12)C(=O)NC(Cc1cnc[nH]1)C(=O)NC(CCC(N)=O)C(=O)O. The van der Waals surface area contributed by atoms with Gasteiger partial charge in [0.05, 0.1) is 12.4 Å². The average Bonchev–Trinajstić information content (AvgIpc) is 3.62. The van der Waals surface area contributed by atoms with Gasteiger partial charge in [-0.25, -0.2) is 9.78 Å². The van der Waals surface area contributed by atoms with E-state index in [0.29, 0.717) is 17.9 Å². The molecule has 4 unspecified atom stereocenters. The van der Waals surface area contributed by atoms with Crippen molar-refractivity contribution in [1.82, 2.24) is 30.9 Å². The van der Waals surface area contributed by atoms with Gasteiger partial charge in [0.1, 0.15) is 18.1 Å². The number of nitrogens with one attached hydrogen (secondary N) is 5. The number of amides is 4. The molecule has 0 radical (unpaired) electrons. The Hall–Kier alpha value is -4.37. The molecule has 0 bridgehead atoms. The second kappa shape index (κ2) is 15.6. The zero-order valence-electron chi connectivity index (χ0n) is 23.1. The Morgan fingerprint density at radius 1 is 0.952 bits per heavy atom. The molecule has 0 spiro atoms. The molecule has 3 aromatic rings. The number of rotatable bonds is 17. The number of carbonyl (C=O) groups excluding carboxylic acids is 4. The number of aliphatic carboxylic acids is 1. The van der Waals surface area contributed by atoms with Gasteiger partial charge in [-0.3, -0.25) is 19.2 Å². The first kappa shape index (κ1) is 32.1. The lowest BCUT2D eigenvalue weighted by molar-refractivity contribution is -0.142. The van der Waals surface area contributed by atoms with Gasteiger partial charge in [0.25, 0.3) is 0 Å². The van der Waals surface area contributed by atoms with E-state index in [1.54, 1.807) is 6.20 Å². The normalized spacial score (nSPS) is 14.0. The number of carboxylic acid groups (broad SMARTS) is 1. The fourth-order valence-electron chi connectivity index (χ4n) is 4.30. The minimum atomic E-state index is -1.41. The summed E-state index contributed by atoms with van der Waals surface area (Å²) in [6.07, 6.45) is 6.45. The second-order valence-electron chi connectivity index (χ2n) is 9.76. The van der Waals surface area contributed by atoms with Crippen molar-refractivity contribution in [2.45, 2.75) is 56.3 Å². The summed E-state index contributed by atoms with van der Waals surface area (Å²) in [6, 6.07) is 2.87. The van der Waals surface area contributed by atoms with Gasteiger partial charge < -0.3 is 42.5 Å². The zero-order valence-corrected chi connectivity index (χ0v) is 23.9. The molecule has 2 aromatic heterocycles. The number of primary amides is 1. The first-order chi connectivity index (χ1) is 20.1. The highest BCUT2D eigenvalue weighted by atomic mass is 32.2. The highest BCUT2D eigenvalue weighted by molar-refractivity contribution is 7.98. The third-order valence-electron chi connectivity index (χ3n) is 6.61. The number of nitrogens with two attached hydrogens (primary N) is 2. The fraction of sp³-hybridized carbons (Fsp3) is 0.407. The second-order valence-corrected chi connectivity index (χ2v) is 10.7. The van der Waals surface area contributed by atoms with Crippen LogP contribution >= 0.6 is 11.8 Å². The largest absolute Gasteiger partial charge is 0.480 e. The van der Waals surface area contributed by atoms with Crippen LogP contribution in [0.15, 0.2) is 43.0 Å². The summed E-state index contributed by atoms with van der Waals surface area (Å²) in [5, 5.41) is 18.2. The zero-order chi connectivity index (χ0) is 30.6. The number of hydrogen-bond acceptors (Lipinski definition) is 8. The van der Waals surface area contributed by atoms with Crippen LogP contribution in [0, 0.1) is 0 Å². The van der Waals surface area contributed by atoms with E-state index in [1.807, 2.05) is 30.5 Å². The Kier molecular flexibility index (Phi) is 11.9. The van der Waals surface area contributed by atoms with E-state index in [4.69, 9.17) is 11.5 Å². The van der Waals surface area contributed by atoms with Gasteiger partial charge in [-0.2, -0.15) is 11.8 Å². The van der Waals surface area contributed by atoms with Crippen LogP contribution in [0.25, 0.3) is 10.9 Å². The minimum Gasteiger partial charge on any atom is -0.480 e. The Labute approximate surface area is 246 Å². The topological polar surface area (TPSA) is 238 Å². The molecular weight excluding hydrogens is 564 g/mol. The smallest absolute Gasteiger partial charge is 0.326 e. The fourth-order valence-corrected chi connectivity index (χ4v) is 4.79. The van der Waals surface area contributed by atoms with Crippen molar-refractivity contribution in [3.8, 4) is 0 Å². The molecule has 15 heteroatoms. The number of aromatic nitrogens is 3. The Morgan fingerprint density at radius 2 is 1.62 bits per heavy atom. The van der Waals surface area contributed by atoms with E-state index < -0.39 is 53.8 Å². The number of benzene rings is 1. The van der Waals surface area contributed by atoms with E-state index in [0.717, 1.165) is 16.5 Å². The van der Waals surface area contributed by atoms with Crippen LogP contribution in [-0.4, -0.2) is 85.8 Å². The number of carboxylic acids is 1. The van der Waals surface area contributed by atoms with E-state index >= 15 is 0 Å². The van der Waals surface area contributed by atoms with Gasteiger partial charge in [0.15, 0.2) is 0 Å². The molecule has 42 heavy (non-hydrogen) atoms. The first-order valence-electron chi connectivity index (χ1n) is 13.3. The third kappa shape index (κ3) is 9.34. The van der Waals surface area contributed by atoms with E-state index in [-0.39, 0.29) is 25.7 Å². The average molecular weight is 601 g/mol. The van der Waals surface area contributed by atoms with Crippen LogP contribution in [0.1, 0.15) is 30.5 Å². The molecule has 0 aliphatic carbocycles.